The van der Waals surface area contributed by atoms with Crippen LogP contribution in [-0.2, 0) is 4.74 Å². The van der Waals surface area contributed by atoms with E-state index in [-0.39, 0.29) is 12.2 Å². The van der Waals surface area contributed by atoms with Crippen molar-refractivity contribution < 1.29 is 4.74 Å². The molecule has 1 aliphatic heterocycles. The number of morpholine rings is 1. The number of nitrogens with zero attached hydrogens (tertiary/aromatic N) is 1. The van der Waals surface area contributed by atoms with E-state index in [0.717, 1.165) is 23.9 Å². The lowest BCUT2D eigenvalue weighted by Crippen LogP contribution is -2.49. The molecule has 1 aromatic carbocycles. The van der Waals surface area contributed by atoms with Crippen LogP contribution in [0.25, 0.3) is 0 Å². The molecular weight excluding hydrogens is 256 g/mol. The number of nitrogens with one attached hydrogen (secondary N) is 1. The van der Waals surface area contributed by atoms with Crippen LogP contribution in [0.15, 0.2) is 18.2 Å². The Balaban J connectivity index is 2.02. The van der Waals surface area contributed by atoms with Gasteiger partial charge in [0, 0.05) is 18.8 Å². The molecule has 19 heavy (non-hydrogen) atoms. The molecule has 1 fully saturated rings. The molecule has 2 atom stereocenters. The number of benzene rings is 1. The molecule has 1 N–H and O–H groups in total. The third kappa shape index (κ3) is 3.67. The van der Waals surface area contributed by atoms with Crippen LogP contribution in [0.4, 0.5) is 5.69 Å². The molecule has 0 radical (unpaired) electrons. The third-order valence-electron chi connectivity index (χ3n) is 3.47. The summed E-state index contributed by atoms with van der Waals surface area (Å²) in [5.41, 5.74) is 3.63. The van der Waals surface area contributed by atoms with Gasteiger partial charge in [-0.2, -0.15) is 0 Å². The zero-order valence-corrected chi connectivity index (χ0v) is 12.9. The van der Waals surface area contributed by atoms with E-state index in [1.165, 1.54) is 11.1 Å². The van der Waals surface area contributed by atoms with Gasteiger partial charge in [-0.15, -0.1) is 0 Å². The molecule has 0 unspecified atom stereocenters. The Kier molecular flexibility index (Phi) is 4.42. The molecule has 1 aromatic rings. The highest BCUT2D eigenvalue weighted by Gasteiger charge is 2.23. The van der Waals surface area contributed by atoms with Gasteiger partial charge in [0.15, 0.2) is 5.11 Å². The van der Waals surface area contributed by atoms with Crippen LogP contribution in [0.5, 0.6) is 0 Å². The van der Waals surface area contributed by atoms with Crippen LogP contribution in [0.1, 0.15) is 25.0 Å². The van der Waals surface area contributed by atoms with Crippen LogP contribution in [-0.4, -0.2) is 35.3 Å². The van der Waals surface area contributed by atoms with Gasteiger partial charge in [0.2, 0.25) is 0 Å². The summed E-state index contributed by atoms with van der Waals surface area (Å²) in [6.07, 6.45) is 0.450. The minimum atomic E-state index is 0.225. The van der Waals surface area contributed by atoms with E-state index in [2.05, 4.69) is 56.1 Å². The summed E-state index contributed by atoms with van der Waals surface area (Å²) in [6, 6.07) is 6.32. The maximum absolute atomic E-state index is 5.72. The Morgan fingerprint density at radius 3 is 2.42 bits per heavy atom. The van der Waals surface area contributed by atoms with Gasteiger partial charge in [-0.25, -0.2) is 0 Å². The lowest BCUT2D eigenvalue weighted by atomic mass is 10.1. The SMILES string of the molecule is Cc1ccc(NC(=S)N2C[C@H](C)O[C@@H](C)C2)cc1C. The van der Waals surface area contributed by atoms with Crippen molar-refractivity contribution in [3.05, 3.63) is 29.3 Å². The van der Waals surface area contributed by atoms with E-state index in [9.17, 15) is 0 Å². The fraction of sp³-hybridized carbons (Fsp3) is 0.533. The Morgan fingerprint density at radius 2 is 1.84 bits per heavy atom. The number of thiocarbonyl (C=S) groups is 1. The minimum Gasteiger partial charge on any atom is -0.372 e. The predicted molar refractivity (Wildman–Crippen MR) is 83.7 cm³/mol. The van der Waals surface area contributed by atoms with Gasteiger partial charge in [-0.3, -0.25) is 0 Å². The van der Waals surface area contributed by atoms with E-state index in [0.29, 0.717) is 0 Å². The maximum Gasteiger partial charge on any atom is 0.173 e. The fourth-order valence-electron chi connectivity index (χ4n) is 2.37. The first-order chi connectivity index (χ1) is 8.95. The second-order valence-electron chi connectivity index (χ2n) is 5.39. The second kappa shape index (κ2) is 5.88. The van der Waals surface area contributed by atoms with Crippen LogP contribution in [0, 0.1) is 13.8 Å². The molecule has 0 amide bonds. The number of hydrogen-bond donors (Lipinski definition) is 1. The Bertz CT molecular complexity index is 465. The fourth-order valence-corrected chi connectivity index (χ4v) is 2.63. The molecule has 1 heterocycles. The lowest BCUT2D eigenvalue weighted by Gasteiger charge is -2.37. The summed E-state index contributed by atoms with van der Waals surface area (Å²) in [5, 5.41) is 4.11. The number of anilines is 1. The van der Waals surface area contributed by atoms with Crippen LogP contribution in [0.2, 0.25) is 0 Å². The Labute approximate surface area is 120 Å². The molecule has 3 nitrogen and oxygen atoms in total. The van der Waals surface area contributed by atoms with Gasteiger partial charge in [0.1, 0.15) is 0 Å². The van der Waals surface area contributed by atoms with Crippen molar-refractivity contribution in [3.8, 4) is 0 Å². The summed E-state index contributed by atoms with van der Waals surface area (Å²) in [5.74, 6) is 0. The van der Waals surface area contributed by atoms with Crippen LogP contribution in [0.3, 0.4) is 0 Å². The molecule has 0 spiro atoms. The second-order valence-corrected chi connectivity index (χ2v) is 5.78. The molecule has 1 saturated heterocycles. The van der Waals surface area contributed by atoms with Gasteiger partial charge >= 0.3 is 0 Å². The topological polar surface area (TPSA) is 24.5 Å². The predicted octanol–water partition coefficient (Wildman–Crippen LogP) is 3.11. The summed E-state index contributed by atoms with van der Waals surface area (Å²) < 4.78 is 5.72. The molecule has 0 saturated carbocycles. The van der Waals surface area contributed by atoms with Crippen molar-refractivity contribution in [2.24, 2.45) is 0 Å². The zero-order chi connectivity index (χ0) is 14.0. The first-order valence-corrected chi connectivity index (χ1v) is 7.15. The monoisotopic (exact) mass is 278 g/mol. The van der Waals surface area contributed by atoms with Gasteiger partial charge < -0.3 is 15.0 Å². The third-order valence-corrected chi connectivity index (χ3v) is 3.83. The van der Waals surface area contributed by atoms with E-state index in [1.54, 1.807) is 0 Å². The molecule has 0 aliphatic carbocycles. The normalized spacial score (nSPS) is 23.3. The quantitative estimate of drug-likeness (QED) is 0.798. The summed E-state index contributed by atoms with van der Waals surface area (Å²) in [6.45, 7) is 10.1. The highest BCUT2D eigenvalue weighted by molar-refractivity contribution is 7.80. The largest absolute Gasteiger partial charge is 0.372 e. The van der Waals surface area contributed by atoms with Crippen molar-refractivity contribution in [2.45, 2.75) is 39.9 Å². The first kappa shape index (κ1) is 14.3. The summed E-state index contributed by atoms with van der Waals surface area (Å²) in [7, 11) is 0. The van der Waals surface area contributed by atoms with Crippen LogP contribution >= 0.6 is 12.2 Å². The van der Waals surface area contributed by atoms with Crippen molar-refractivity contribution >= 4 is 23.0 Å². The van der Waals surface area contributed by atoms with Crippen LogP contribution < -0.4 is 5.32 Å². The summed E-state index contributed by atoms with van der Waals surface area (Å²) >= 11 is 5.50. The van der Waals surface area contributed by atoms with Gasteiger partial charge in [0.25, 0.3) is 0 Å². The molecule has 2 rings (SSSR count). The summed E-state index contributed by atoms with van der Waals surface area (Å²) in [4.78, 5) is 2.18. The van der Waals surface area contributed by atoms with E-state index < -0.39 is 0 Å². The number of ether oxygens (including phenoxy) is 1. The van der Waals surface area contributed by atoms with Gasteiger partial charge in [-0.1, -0.05) is 6.07 Å². The van der Waals surface area contributed by atoms with E-state index >= 15 is 0 Å². The number of hydrogen-bond acceptors (Lipinski definition) is 2. The molecule has 0 aromatic heterocycles. The van der Waals surface area contributed by atoms with Crippen molar-refractivity contribution in [2.75, 3.05) is 18.4 Å². The highest BCUT2D eigenvalue weighted by Crippen LogP contribution is 2.16. The molecule has 104 valence electrons. The van der Waals surface area contributed by atoms with Gasteiger partial charge in [0.05, 0.1) is 12.2 Å². The van der Waals surface area contributed by atoms with Crippen molar-refractivity contribution in [1.82, 2.24) is 4.90 Å². The molecule has 4 heteroatoms. The average molecular weight is 278 g/mol. The zero-order valence-electron chi connectivity index (χ0n) is 12.1. The smallest absolute Gasteiger partial charge is 0.173 e. The molecule has 1 aliphatic rings. The molecular formula is C15H22N2OS. The minimum absolute atomic E-state index is 0.225. The lowest BCUT2D eigenvalue weighted by molar-refractivity contribution is -0.0473. The number of aryl methyl sites for hydroxylation is 2. The van der Waals surface area contributed by atoms with E-state index in [1.807, 2.05) is 0 Å². The standard InChI is InChI=1S/C15H22N2OS/c1-10-5-6-14(7-11(10)2)16-15(19)17-8-12(3)18-13(4)9-17/h5-7,12-13H,8-9H2,1-4H3,(H,16,19)/t12-,13-/m0/s1. The first-order valence-electron chi connectivity index (χ1n) is 6.74. The van der Waals surface area contributed by atoms with Gasteiger partial charge in [-0.05, 0) is 63.2 Å². The number of rotatable bonds is 1. The highest BCUT2D eigenvalue weighted by atomic mass is 32.1. The van der Waals surface area contributed by atoms with Crippen molar-refractivity contribution in [1.29, 1.82) is 0 Å². The average Bonchev–Trinajstić information content (AvgIpc) is 2.32. The Hall–Kier alpha value is -1.13. The Morgan fingerprint density at radius 1 is 1.21 bits per heavy atom. The maximum atomic E-state index is 5.72. The van der Waals surface area contributed by atoms with E-state index in [4.69, 9.17) is 17.0 Å². The van der Waals surface area contributed by atoms with Crippen molar-refractivity contribution in [3.63, 3.8) is 0 Å². The molecule has 0 bridgehead atoms.